The van der Waals surface area contributed by atoms with Gasteiger partial charge < -0.3 is 15.0 Å². The Kier molecular flexibility index (Phi) is 7.97. The van der Waals surface area contributed by atoms with E-state index in [1.165, 1.54) is 18.6 Å². The second-order valence-corrected chi connectivity index (χ2v) is 9.43. The molecule has 1 saturated carbocycles. The van der Waals surface area contributed by atoms with Crippen molar-refractivity contribution in [2.24, 2.45) is 0 Å². The van der Waals surface area contributed by atoms with Crippen LogP contribution < -0.4 is 10.1 Å². The summed E-state index contributed by atoms with van der Waals surface area (Å²) in [7, 11) is 1.59. The van der Waals surface area contributed by atoms with Crippen LogP contribution >= 0.6 is 12.4 Å². The summed E-state index contributed by atoms with van der Waals surface area (Å²) in [4.78, 5) is 18.1. The van der Waals surface area contributed by atoms with E-state index >= 15 is 0 Å². The molecule has 2 N–H and O–H groups in total. The molecule has 8 heteroatoms. The van der Waals surface area contributed by atoms with Crippen LogP contribution in [0.1, 0.15) is 53.6 Å². The van der Waals surface area contributed by atoms with Gasteiger partial charge in [0.15, 0.2) is 11.6 Å². The van der Waals surface area contributed by atoms with Crippen molar-refractivity contribution in [3.05, 3.63) is 64.9 Å². The van der Waals surface area contributed by atoms with Crippen molar-refractivity contribution in [3.63, 3.8) is 0 Å². The number of aryl methyl sites for hydroxylation is 1. The minimum atomic E-state index is -0.411. The van der Waals surface area contributed by atoms with E-state index in [1.54, 1.807) is 25.2 Å². The minimum Gasteiger partial charge on any atom is -0.489 e. The van der Waals surface area contributed by atoms with Crippen molar-refractivity contribution in [2.75, 3.05) is 20.2 Å². The van der Waals surface area contributed by atoms with Gasteiger partial charge in [-0.25, -0.2) is 8.78 Å². The first kappa shape index (κ1) is 25.5. The molecule has 35 heavy (non-hydrogen) atoms. The summed E-state index contributed by atoms with van der Waals surface area (Å²) in [5, 5.41) is 3.61. The van der Waals surface area contributed by atoms with Crippen LogP contribution in [0.15, 0.2) is 36.5 Å². The summed E-state index contributed by atoms with van der Waals surface area (Å²) in [5.41, 5.74) is 3.26. The number of ether oxygens (including phenoxy) is 1. The molecule has 0 radical (unpaired) electrons. The maximum atomic E-state index is 14.4. The van der Waals surface area contributed by atoms with Crippen LogP contribution in [0.2, 0.25) is 0 Å². The van der Waals surface area contributed by atoms with E-state index in [-0.39, 0.29) is 35.9 Å². The molecule has 0 spiro atoms. The molecule has 2 aromatic carbocycles. The number of H-pyrrole nitrogens is 1. The molecule has 5 rings (SSSR count). The number of halogens is 3. The SMILES string of the molecule is CNC(=O)c1ccc(F)c2c1CC(N(CCCCc1c[nH]c3ccc(F)cc13)C1CCC1)CO2.Cl. The van der Waals surface area contributed by atoms with Crippen molar-refractivity contribution in [1.29, 1.82) is 0 Å². The number of hydrogen-bond acceptors (Lipinski definition) is 3. The lowest BCUT2D eigenvalue weighted by Gasteiger charge is -2.44. The van der Waals surface area contributed by atoms with Gasteiger partial charge in [0.2, 0.25) is 0 Å². The van der Waals surface area contributed by atoms with Crippen LogP contribution in [0, 0.1) is 11.6 Å². The number of benzene rings is 2. The van der Waals surface area contributed by atoms with Crippen LogP contribution in [-0.4, -0.2) is 48.1 Å². The predicted octanol–water partition coefficient (Wildman–Crippen LogP) is 5.41. The third-order valence-electron chi connectivity index (χ3n) is 7.40. The van der Waals surface area contributed by atoms with Crippen LogP contribution in [-0.2, 0) is 12.8 Å². The Morgan fingerprint density at radius 3 is 2.74 bits per heavy atom. The van der Waals surface area contributed by atoms with E-state index in [2.05, 4.69) is 15.2 Å². The number of carbonyl (C=O) groups is 1. The number of unbranched alkanes of at least 4 members (excludes halogenated alkanes) is 1. The molecule has 1 aliphatic carbocycles. The second-order valence-electron chi connectivity index (χ2n) is 9.43. The maximum Gasteiger partial charge on any atom is 0.251 e. The van der Waals surface area contributed by atoms with Crippen LogP contribution in [0.4, 0.5) is 8.78 Å². The Balaban J connectivity index is 0.00000289. The van der Waals surface area contributed by atoms with Crippen LogP contribution in [0.3, 0.4) is 0 Å². The maximum absolute atomic E-state index is 14.4. The number of carbonyl (C=O) groups excluding carboxylic acids is 1. The van der Waals surface area contributed by atoms with Crippen LogP contribution in [0.25, 0.3) is 10.9 Å². The summed E-state index contributed by atoms with van der Waals surface area (Å²) in [6.45, 7) is 1.36. The number of nitrogens with zero attached hydrogens (tertiary/aromatic N) is 1. The zero-order chi connectivity index (χ0) is 23.7. The average molecular weight is 504 g/mol. The highest BCUT2D eigenvalue weighted by Gasteiger charge is 2.35. The molecule has 2 aliphatic rings. The van der Waals surface area contributed by atoms with Crippen molar-refractivity contribution in [1.82, 2.24) is 15.2 Å². The number of amides is 1. The Morgan fingerprint density at radius 2 is 2.00 bits per heavy atom. The van der Waals surface area contributed by atoms with Gasteiger partial charge in [0.05, 0.1) is 0 Å². The van der Waals surface area contributed by atoms with Crippen LogP contribution in [0.5, 0.6) is 5.75 Å². The summed E-state index contributed by atoms with van der Waals surface area (Å²) in [5.74, 6) is -0.621. The molecule has 3 aromatic rings. The van der Waals surface area contributed by atoms with Gasteiger partial charge in [-0.3, -0.25) is 9.69 Å². The van der Waals surface area contributed by atoms with E-state index in [0.29, 0.717) is 30.2 Å². The first-order valence-corrected chi connectivity index (χ1v) is 12.2. The zero-order valence-corrected chi connectivity index (χ0v) is 20.7. The van der Waals surface area contributed by atoms with E-state index < -0.39 is 5.82 Å². The van der Waals surface area contributed by atoms with E-state index in [1.807, 2.05) is 6.20 Å². The Morgan fingerprint density at radius 1 is 1.17 bits per heavy atom. The highest BCUT2D eigenvalue weighted by atomic mass is 35.5. The normalized spacial score (nSPS) is 17.4. The number of rotatable bonds is 8. The van der Waals surface area contributed by atoms with Gasteiger partial charge in [-0.2, -0.15) is 0 Å². The number of aromatic nitrogens is 1. The molecule has 5 nitrogen and oxygen atoms in total. The van der Waals surface area contributed by atoms with E-state index in [0.717, 1.165) is 55.1 Å². The monoisotopic (exact) mass is 503 g/mol. The van der Waals surface area contributed by atoms with E-state index in [9.17, 15) is 13.6 Å². The minimum absolute atomic E-state index is 0. The van der Waals surface area contributed by atoms with Gasteiger partial charge in [0.25, 0.3) is 5.91 Å². The smallest absolute Gasteiger partial charge is 0.251 e. The quantitative estimate of drug-likeness (QED) is 0.404. The number of aromatic amines is 1. The first-order chi connectivity index (χ1) is 16.5. The summed E-state index contributed by atoms with van der Waals surface area (Å²) < 4.78 is 34.0. The second kappa shape index (κ2) is 11.0. The Labute approximate surface area is 210 Å². The fourth-order valence-corrected chi connectivity index (χ4v) is 5.34. The van der Waals surface area contributed by atoms with Gasteiger partial charge in [0, 0.05) is 47.4 Å². The Bertz CT molecular complexity index is 1190. The average Bonchev–Trinajstić information content (AvgIpc) is 3.21. The van der Waals surface area contributed by atoms with Gasteiger partial charge in [-0.15, -0.1) is 12.4 Å². The number of hydrogen-bond donors (Lipinski definition) is 2. The lowest BCUT2D eigenvalue weighted by molar-refractivity contribution is 0.0416. The van der Waals surface area contributed by atoms with E-state index in [4.69, 9.17) is 4.74 Å². The number of fused-ring (bicyclic) bond motifs is 2. The lowest BCUT2D eigenvalue weighted by Crippen LogP contribution is -2.51. The van der Waals surface area contributed by atoms with Crippen molar-refractivity contribution < 1.29 is 18.3 Å². The molecule has 2 heterocycles. The summed E-state index contributed by atoms with van der Waals surface area (Å²) in [6, 6.07) is 8.34. The highest BCUT2D eigenvalue weighted by Crippen LogP contribution is 2.35. The van der Waals surface area contributed by atoms with Gasteiger partial charge in [0.1, 0.15) is 12.4 Å². The number of nitrogens with one attached hydrogen (secondary N) is 2. The lowest BCUT2D eigenvalue weighted by atomic mass is 9.87. The molecule has 0 saturated heterocycles. The largest absolute Gasteiger partial charge is 0.489 e. The predicted molar refractivity (Wildman–Crippen MR) is 136 cm³/mol. The molecule has 1 atom stereocenters. The molecule has 1 fully saturated rings. The fourth-order valence-electron chi connectivity index (χ4n) is 5.34. The molecule has 188 valence electrons. The molecular formula is C27H32ClF2N3O2. The topological polar surface area (TPSA) is 57.4 Å². The first-order valence-electron chi connectivity index (χ1n) is 12.2. The molecule has 1 aromatic heterocycles. The molecule has 0 bridgehead atoms. The Hall–Kier alpha value is -2.64. The van der Waals surface area contributed by atoms with Gasteiger partial charge >= 0.3 is 0 Å². The van der Waals surface area contributed by atoms with Gasteiger partial charge in [-0.05, 0) is 81.0 Å². The third kappa shape index (κ3) is 5.16. The summed E-state index contributed by atoms with van der Waals surface area (Å²) in [6.07, 6.45) is 9.03. The highest BCUT2D eigenvalue weighted by molar-refractivity contribution is 5.96. The zero-order valence-electron chi connectivity index (χ0n) is 19.9. The van der Waals surface area contributed by atoms with Crippen molar-refractivity contribution in [3.8, 4) is 5.75 Å². The molecule has 1 aliphatic heterocycles. The summed E-state index contributed by atoms with van der Waals surface area (Å²) >= 11 is 0. The van der Waals surface area contributed by atoms with Crippen molar-refractivity contribution in [2.45, 2.75) is 57.0 Å². The fraction of sp³-hybridized carbons (Fsp3) is 0.444. The van der Waals surface area contributed by atoms with Crippen molar-refractivity contribution >= 4 is 29.2 Å². The third-order valence-corrected chi connectivity index (χ3v) is 7.40. The van der Waals surface area contributed by atoms with Gasteiger partial charge in [-0.1, -0.05) is 6.42 Å². The molecule has 1 amide bonds. The molecular weight excluding hydrogens is 472 g/mol. The standard InChI is InChI=1S/C27H31F2N3O2.ClH/c1-30-27(33)21-9-10-24(29)26-23(21)14-20(16-34-26)32(19-6-4-7-19)12-3-2-5-17-15-31-25-11-8-18(28)13-22(17)25;/h8-11,13,15,19-20,31H,2-7,12,14,16H2,1H3,(H,30,33);1H. The molecule has 1 unspecified atom stereocenters.